The molecule has 0 aliphatic carbocycles. The zero-order valence-electron chi connectivity index (χ0n) is 27.7. The summed E-state index contributed by atoms with van der Waals surface area (Å²) < 4.78 is 7.26. The van der Waals surface area contributed by atoms with Gasteiger partial charge in [0.15, 0.2) is 0 Å². The summed E-state index contributed by atoms with van der Waals surface area (Å²) in [6.45, 7) is 0. The molecule has 0 bridgehead atoms. The lowest BCUT2D eigenvalue weighted by molar-refractivity contribution is 1.16. The second-order valence-corrected chi connectivity index (χ2v) is 13.4. The van der Waals surface area contributed by atoms with Gasteiger partial charge in [0.25, 0.3) is 0 Å². The molecule has 0 aliphatic heterocycles. The molecule has 0 atom stereocenters. The van der Waals surface area contributed by atoms with Crippen molar-refractivity contribution in [3.63, 3.8) is 0 Å². The fourth-order valence-electron chi connectivity index (χ4n) is 8.38. The van der Waals surface area contributed by atoms with Crippen LogP contribution in [-0.4, -0.2) is 13.7 Å². The summed E-state index contributed by atoms with van der Waals surface area (Å²) >= 11 is 0. The van der Waals surface area contributed by atoms with E-state index in [-0.39, 0.29) is 0 Å². The lowest BCUT2D eigenvalue weighted by atomic mass is 10.1. The van der Waals surface area contributed by atoms with E-state index < -0.39 is 0 Å². The maximum atomic E-state index is 2.46. The van der Waals surface area contributed by atoms with E-state index in [1.165, 1.54) is 82.2 Å². The smallest absolute Gasteiger partial charge is 0.0548 e. The van der Waals surface area contributed by atoms with Gasteiger partial charge in [0.1, 0.15) is 0 Å². The average molecular weight is 650 g/mol. The Morgan fingerprint density at radius 3 is 1.16 bits per heavy atom. The zero-order chi connectivity index (χ0) is 33.5. The molecule has 51 heavy (non-hydrogen) atoms. The first-order valence-electron chi connectivity index (χ1n) is 17.5. The average Bonchev–Trinajstić information content (AvgIpc) is 3.83. The Balaban J connectivity index is 1.17. The van der Waals surface area contributed by atoms with Crippen molar-refractivity contribution < 1.29 is 0 Å². The van der Waals surface area contributed by atoms with Crippen LogP contribution in [0.15, 0.2) is 188 Å². The van der Waals surface area contributed by atoms with Crippen LogP contribution in [0.2, 0.25) is 0 Å². The Morgan fingerprint density at radius 1 is 0.216 bits per heavy atom. The van der Waals surface area contributed by atoms with Crippen molar-refractivity contribution in [2.24, 2.45) is 0 Å². The highest BCUT2D eigenvalue weighted by Gasteiger charge is 2.20. The molecule has 3 nitrogen and oxygen atoms in total. The minimum atomic E-state index is 1.16. The summed E-state index contributed by atoms with van der Waals surface area (Å²) in [5, 5.41) is 7.49. The van der Waals surface area contributed by atoms with Crippen LogP contribution in [0.1, 0.15) is 0 Å². The maximum Gasteiger partial charge on any atom is 0.0548 e. The molecule has 0 N–H and O–H groups in total. The first-order valence-corrected chi connectivity index (χ1v) is 17.5. The van der Waals surface area contributed by atoms with Gasteiger partial charge in [-0.05, 0) is 83.9 Å². The first kappa shape index (κ1) is 28.0. The van der Waals surface area contributed by atoms with Crippen molar-refractivity contribution in [2.75, 3.05) is 0 Å². The normalized spacial score (nSPS) is 11.9. The van der Waals surface area contributed by atoms with E-state index in [0.29, 0.717) is 0 Å². The van der Waals surface area contributed by atoms with Crippen LogP contribution in [0.5, 0.6) is 0 Å². The molecule has 0 radical (unpaired) electrons. The van der Waals surface area contributed by atoms with E-state index in [9.17, 15) is 0 Å². The zero-order valence-corrected chi connectivity index (χ0v) is 27.7. The van der Waals surface area contributed by atoms with Crippen molar-refractivity contribution in [3.05, 3.63) is 188 Å². The van der Waals surface area contributed by atoms with Crippen molar-refractivity contribution in [2.45, 2.75) is 0 Å². The van der Waals surface area contributed by atoms with E-state index in [1.807, 2.05) is 0 Å². The summed E-state index contributed by atoms with van der Waals surface area (Å²) in [5.74, 6) is 0. The van der Waals surface area contributed by atoms with Crippen molar-refractivity contribution >= 4 is 65.4 Å². The Hall–Kier alpha value is -6.84. The highest BCUT2D eigenvalue weighted by molar-refractivity contribution is 6.19. The summed E-state index contributed by atoms with van der Waals surface area (Å²) in [7, 11) is 0. The molecule has 3 heteroatoms. The number of hydrogen-bond donors (Lipinski definition) is 0. The van der Waals surface area contributed by atoms with Gasteiger partial charge in [0.05, 0.1) is 33.1 Å². The highest BCUT2D eigenvalue weighted by atomic mass is 15.0. The van der Waals surface area contributed by atoms with Gasteiger partial charge in [-0.3, -0.25) is 0 Å². The molecule has 0 unspecified atom stereocenters. The maximum absolute atomic E-state index is 2.46. The fraction of sp³-hybridized carbons (Fsp3) is 0. The third-order valence-electron chi connectivity index (χ3n) is 10.6. The van der Waals surface area contributed by atoms with Gasteiger partial charge < -0.3 is 13.7 Å². The topological polar surface area (TPSA) is 14.8 Å². The molecule has 11 rings (SSSR count). The first-order chi connectivity index (χ1) is 25.3. The lowest BCUT2D eigenvalue weighted by Crippen LogP contribution is -1.96. The number of aromatic nitrogens is 3. The second kappa shape index (κ2) is 10.8. The summed E-state index contributed by atoms with van der Waals surface area (Å²) in [5.41, 5.74) is 13.2. The molecule has 8 aromatic carbocycles. The fourth-order valence-corrected chi connectivity index (χ4v) is 8.38. The van der Waals surface area contributed by atoms with E-state index in [4.69, 9.17) is 0 Å². The molecular formula is C48H31N3. The molecule has 0 spiro atoms. The third kappa shape index (κ3) is 4.12. The number of hydrogen-bond acceptors (Lipinski definition) is 0. The SMILES string of the molecule is c1ccc(-c2ccc(-n3c4ccccc4c4cc5c(cc43)c3ccccc3n5-c3ccc4c(c3)c3ccccc3n4-c3ccccc3)cc2)cc1. The monoisotopic (exact) mass is 649 g/mol. The lowest BCUT2D eigenvalue weighted by Gasteiger charge is -2.11. The Bertz CT molecular complexity index is 3110. The van der Waals surface area contributed by atoms with Crippen LogP contribution >= 0.6 is 0 Å². The Labute approximate surface area is 294 Å². The van der Waals surface area contributed by atoms with Gasteiger partial charge >= 0.3 is 0 Å². The number of para-hydroxylation sites is 4. The molecule has 3 heterocycles. The van der Waals surface area contributed by atoms with E-state index >= 15 is 0 Å². The number of fused-ring (bicyclic) bond motifs is 9. The molecule has 0 amide bonds. The predicted molar refractivity (Wildman–Crippen MR) is 215 cm³/mol. The standard InChI is InChI=1S/C48H31N3/c1-3-13-32(14-4-1)33-23-25-35(26-24-33)50-44-21-11-8-18-38(44)41-31-48-42(30-47(41)50)39-19-9-12-22-45(39)51(48)36-27-28-46-40(29-36)37-17-7-10-20-43(37)49(46)34-15-5-2-6-16-34/h1-31H. The van der Waals surface area contributed by atoms with Crippen molar-refractivity contribution in [3.8, 4) is 28.2 Å². The van der Waals surface area contributed by atoms with Crippen LogP contribution in [-0.2, 0) is 0 Å². The van der Waals surface area contributed by atoms with Gasteiger partial charge in [-0.2, -0.15) is 0 Å². The Kier molecular flexibility index (Phi) is 5.96. The van der Waals surface area contributed by atoms with Gasteiger partial charge in [-0.1, -0.05) is 115 Å². The van der Waals surface area contributed by atoms with E-state index in [0.717, 1.165) is 11.4 Å². The molecule has 3 aromatic heterocycles. The Morgan fingerprint density at radius 2 is 0.588 bits per heavy atom. The molecule has 11 aromatic rings. The molecule has 0 aliphatic rings. The second-order valence-electron chi connectivity index (χ2n) is 13.4. The summed E-state index contributed by atoms with van der Waals surface area (Å²) in [6, 6.07) is 68.4. The number of rotatable bonds is 4. The number of benzene rings is 8. The van der Waals surface area contributed by atoms with Crippen molar-refractivity contribution in [1.82, 2.24) is 13.7 Å². The minimum Gasteiger partial charge on any atom is -0.309 e. The summed E-state index contributed by atoms with van der Waals surface area (Å²) in [4.78, 5) is 0. The molecule has 0 saturated heterocycles. The van der Waals surface area contributed by atoms with Gasteiger partial charge in [-0.25, -0.2) is 0 Å². The largest absolute Gasteiger partial charge is 0.309 e. The van der Waals surface area contributed by atoms with Crippen LogP contribution in [0.3, 0.4) is 0 Å². The molecular weight excluding hydrogens is 619 g/mol. The van der Waals surface area contributed by atoms with Gasteiger partial charge in [0.2, 0.25) is 0 Å². The molecule has 238 valence electrons. The molecule has 0 fully saturated rings. The van der Waals surface area contributed by atoms with Crippen LogP contribution in [0.25, 0.3) is 93.6 Å². The van der Waals surface area contributed by atoms with Crippen LogP contribution in [0.4, 0.5) is 0 Å². The van der Waals surface area contributed by atoms with E-state index in [2.05, 4.69) is 202 Å². The third-order valence-corrected chi connectivity index (χ3v) is 10.6. The number of nitrogens with zero attached hydrogens (tertiary/aromatic N) is 3. The minimum absolute atomic E-state index is 1.16. The van der Waals surface area contributed by atoms with Crippen molar-refractivity contribution in [1.29, 1.82) is 0 Å². The summed E-state index contributed by atoms with van der Waals surface area (Å²) in [6.07, 6.45) is 0. The van der Waals surface area contributed by atoms with E-state index in [1.54, 1.807) is 0 Å². The predicted octanol–water partition coefficient (Wildman–Crippen LogP) is 12.6. The van der Waals surface area contributed by atoms with Gasteiger partial charge in [0, 0.05) is 49.4 Å². The van der Waals surface area contributed by atoms with Gasteiger partial charge in [-0.15, -0.1) is 0 Å². The molecule has 0 saturated carbocycles. The quantitative estimate of drug-likeness (QED) is 0.180. The highest BCUT2D eigenvalue weighted by Crippen LogP contribution is 2.41. The van der Waals surface area contributed by atoms with Crippen LogP contribution < -0.4 is 0 Å². The van der Waals surface area contributed by atoms with Crippen LogP contribution in [0, 0.1) is 0 Å².